The van der Waals surface area contributed by atoms with Gasteiger partial charge in [-0.1, -0.05) is 6.92 Å². The van der Waals surface area contributed by atoms with E-state index in [2.05, 4.69) is 16.0 Å². The van der Waals surface area contributed by atoms with Crippen LogP contribution in [0.15, 0.2) is 0 Å². The standard InChI is InChI=1S/C11H18N2O3/c1-4-7-8(5-2)13-10(14)9(12)11(15)16-6-3/h1,8-9H,5-7,12H2,2-3H3,(H,13,14). The minimum atomic E-state index is -1.29. The van der Waals surface area contributed by atoms with Crippen LogP contribution in [0, 0.1) is 12.3 Å². The maximum Gasteiger partial charge on any atom is 0.332 e. The predicted molar refractivity (Wildman–Crippen MR) is 60.3 cm³/mol. The van der Waals surface area contributed by atoms with Crippen molar-refractivity contribution < 1.29 is 14.3 Å². The Morgan fingerprint density at radius 2 is 2.12 bits per heavy atom. The fourth-order valence-corrected chi connectivity index (χ4v) is 1.07. The topological polar surface area (TPSA) is 81.4 Å². The van der Waals surface area contributed by atoms with Gasteiger partial charge in [-0.3, -0.25) is 4.79 Å². The number of esters is 1. The minimum Gasteiger partial charge on any atom is -0.464 e. The van der Waals surface area contributed by atoms with Crippen molar-refractivity contribution in [2.24, 2.45) is 5.73 Å². The zero-order valence-corrected chi connectivity index (χ0v) is 9.66. The summed E-state index contributed by atoms with van der Waals surface area (Å²) in [6.07, 6.45) is 6.24. The van der Waals surface area contributed by atoms with E-state index in [1.807, 2.05) is 6.92 Å². The Bertz CT molecular complexity index is 283. The Morgan fingerprint density at radius 3 is 2.56 bits per heavy atom. The van der Waals surface area contributed by atoms with Gasteiger partial charge in [0.25, 0.3) is 0 Å². The zero-order chi connectivity index (χ0) is 12.6. The summed E-state index contributed by atoms with van der Waals surface area (Å²) in [6, 6.07) is -1.44. The van der Waals surface area contributed by atoms with Gasteiger partial charge in [-0.05, 0) is 13.3 Å². The summed E-state index contributed by atoms with van der Waals surface area (Å²) in [6.45, 7) is 3.73. The number of amides is 1. The molecule has 0 aromatic heterocycles. The van der Waals surface area contributed by atoms with Crippen LogP contribution in [0.3, 0.4) is 0 Å². The van der Waals surface area contributed by atoms with E-state index in [1.165, 1.54) is 0 Å². The molecule has 1 amide bonds. The summed E-state index contributed by atoms with van der Waals surface area (Å²) >= 11 is 0. The lowest BCUT2D eigenvalue weighted by Crippen LogP contribution is -2.49. The SMILES string of the molecule is C#CCC(CC)NC(=O)C(N)C(=O)OCC. The van der Waals surface area contributed by atoms with Crippen LogP contribution < -0.4 is 11.1 Å². The predicted octanol–water partition coefficient (Wildman–Crippen LogP) is -0.205. The molecule has 0 aromatic carbocycles. The third kappa shape index (κ3) is 4.80. The smallest absolute Gasteiger partial charge is 0.332 e. The van der Waals surface area contributed by atoms with Gasteiger partial charge in [0.1, 0.15) is 0 Å². The van der Waals surface area contributed by atoms with Gasteiger partial charge in [0.05, 0.1) is 6.61 Å². The second kappa shape index (κ2) is 7.71. The monoisotopic (exact) mass is 226 g/mol. The molecular formula is C11H18N2O3. The van der Waals surface area contributed by atoms with E-state index in [9.17, 15) is 9.59 Å². The highest BCUT2D eigenvalue weighted by molar-refractivity contribution is 6.01. The highest BCUT2D eigenvalue weighted by atomic mass is 16.5. The van der Waals surface area contributed by atoms with Crippen molar-refractivity contribution in [2.45, 2.75) is 38.8 Å². The number of hydrogen-bond donors (Lipinski definition) is 2. The quantitative estimate of drug-likeness (QED) is 0.373. The first-order chi connectivity index (χ1) is 7.56. The molecule has 0 radical (unpaired) electrons. The summed E-state index contributed by atoms with van der Waals surface area (Å²) in [5.74, 6) is 1.16. The van der Waals surface area contributed by atoms with E-state index in [0.29, 0.717) is 12.8 Å². The molecule has 0 aliphatic carbocycles. The first-order valence-corrected chi connectivity index (χ1v) is 5.22. The molecule has 0 heterocycles. The van der Waals surface area contributed by atoms with Crippen molar-refractivity contribution in [2.75, 3.05) is 6.61 Å². The van der Waals surface area contributed by atoms with E-state index in [4.69, 9.17) is 12.2 Å². The first-order valence-electron chi connectivity index (χ1n) is 5.22. The van der Waals surface area contributed by atoms with E-state index >= 15 is 0 Å². The van der Waals surface area contributed by atoms with Gasteiger partial charge in [0.15, 0.2) is 6.04 Å². The van der Waals surface area contributed by atoms with Gasteiger partial charge in [-0.15, -0.1) is 12.3 Å². The number of rotatable bonds is 6. The Morgan fingerprint density at radius 1 is 1.50 bits per heavy atom. The van der Waals surface area contributed by atoms with E-state index in [-0.39, 0.29) is 12.6 Å². The van der Waals surface area contributed by atoms with E-state index in [0.717, 1.165) is 0 Å². The van der Waals surface area contributed by atoms with Crippen LogP contribution in [0.2, 0.25) is 0 Å². The van der Waals surface area contributed by atoms with Crippen LogP contribution in [0.25, 0.3) is 0 Å². The van der Waals surface area contributed by atoms with Crippen molar-refractivity contribution in [1.82, 2.24) is 5.32 Å². The number of carbonyl (C=O) groups excluding carboxylic acids is 2. The first kappa shape index (κ1) is 14.5. The third-order valence-electron chi connectivity index (χ3n) is 2.03. The highest BCUT2D eigenvalue weighted by Gasteiger charge is 2.24. The molecule has 0 rings (SSSR count). The molecule has 5 nitrogen and oxygen atoms in total. The molecule has 0 saturated carbocycles. The Kier molecular flexibility index (Phi) is 6.97. The lowest BCUT2D eigenvalue weighted by Gasteiger charge is -2.17. The van der Waals surface area contributed by atoms with Gasteiger partial charge >= 0.3 is 5.97 Å². The average molecular weight is 226 g/mol. The summed E-state index contributed by atoms with van der Waals surface area (Å²) in [5.41, 5.74) is 5.41. The Hall–Kier alpha value is -1.54. The highest BCUT2D eigenvalue weighted by Crippen LogP contribution is 1.97. The van der Waals surface area contributed by atoms with Crippen LogP contribution in [-0.2, 0) is 14.3 Å². The van der Waals surface area contributed by atoms with Gasteiger partial charge in [-0.2, -0.15) is 0 Å². The van der Waals surface area contributed by atoms with Crippen molar-refractivity contribution in [3.05, 3.63) is 0 Å². The summed E-state index contributed by atoms with van der Waals surface area (Å²) in [5, 5.41) is 2.60. The molecule has 0 aromatic rings. The molecule has 0 saturated heterocycles. The summed E-state index contributed by atoms with van der Waals surface area (Å²) < 4.78 is 4.63. The molecule has 16 heavy (non-hydrogen) atoms. The molecule has 5 heteroatoms. The number of nitrogens with two attached hydrogens (primary N) is 1. The zero-order valence-electron chi connectivity index (χ0n) is 9.66. The molecule has 0 spiro atoms. The summed E-state index contributed by atoms with van der Waals surface area (Å²) in [4.78, 5) is 22.7. The molecule has 90 valence electrons. The molecule has 2 atom stereocenters. The largest absolute Gasteiger partial charge is 0.464 e. The van der Waals surface area contributed by atoms with Crippen LogP contribution in [0.1, 0.15) is 26.7 Å². The van der Waals surface area contributed by atoms with E-state index in [1.54, 1.807) is 6.92 Å². The van der Waals surface area contributed by atoms with Gasteiger partial charge in [0.2, 0.25) is 5.91 Å². The van der Waals surface area contributed by atoms with Crippen LogP contribution >= 0.6 is 0 Å². The van der Waals surface area contributed by atoms with Crippen molar-refractivity contribution in [3.8, 4) is 12.3 Å². The number of carbonyl (C=O) groups is 2. The maximum atomic E-state index is 11.5. The van der Waals surface area contributed by atoms with E-state index < -0.39 is 17.9 Å². The second-order valence-corrected chi connectivity index (χ2v) is 3.25. The van der Waals surface area contributed by atoms with Crippen molar-refractivity contribution >= 4 is 11.9 Å². The van der Waals surface area contributed by atoms with Gasteiger partial charge < -0.3 is 15.8 Å². The average Bonchev–Trinajstić information content (AvgIpc) is 2.27. The minimum absolute atomic E-state index is 0.155. The molecule has 0 aliphatic rings. The van der Waals surface area contributed by atoms with Crippen LogP contribution in [-0.4, -0.2) is 30.6 Å². The molecule has 0 fully saturated rings. The summed E-state index contributed by atoms with van der Waals surface area (Å²) in [7, 11) is 0. The molecular weight excluding hydrogens is 208 g/mol. The second-order valence-electron chi connectivity index (χ2n) is 3.25. The fourth-order valence-electron chi connectivity index (χ4n) is 1.07. The lowest BCUT2D eigenvalue weighted by atomic mass is 10.1. The fraction of sp³-hybridized carbons (Fsp3) is 0.636. The van der Waals surface area contributed by atoms with Gasteiger partial charge in [-0.25, -0.2) is 4.79 Å². The van der Waals surface area contributed by atoms with Crippen LogP contribution in [0.4, 0.5) is 0 Å². The number of hydrogen-bond acceptors (Lipinski definition) is 4. The lowest BCUT2D eigenvalue weighted by molar-refractivity contribution is -0.148. The normalized spacial score (nSPS) is 13.4. The molecule has 2 unspecified atom stereocenters. The molecule has 0 aliphatic heterocycles. The van der Waals surface area contributed by atoms with Crippen LogP contribution in [0.5, 0.6) is 0 Å². The molecule has 0 bridgehead atoms. The van der Waals surface area contributed by atoms with Gasteiger partial charge in [0, 0.05) is 12.5 Å². The van der Waals surface area contributed by atoms with Crippen molar-refractivity contribution in [1.29, 1.82) is 0 Å². The Labute approximate surface area is 95.7 Å². The third-order valence-corrected chi connectivity index (χ3v) is 2.03. The number of ether oxygens (including phenoxy) is 1. The Balaban J connectivity index is 4.23. The van der Waals surface area contributed by atoms with Crippen molar-refractivity contribution in [3.63, 3.8) is 0 Å². The number of terminal acetylenes is 1. The maximum absolute atomic E-state index is 11.5. The number of nitrogens with one attached hydrogen (secondary N) is 1. The molecule has 3 N–H and O–H groups in total.